The van der Waals surface area contributed by atoms with Crippen LogP contribution >= 0.6 is 0 Å². The van der Waals surface area contributed by atoms with E-state index >= 15 is 0 Å². The summed E-state index contributed by atoms with van der Waals surface area (Å²) in [5, 5.41) is 7.51. The van der Waals surface area contributed by atoms with Gasteiger partial charge in [0.2, 0.25) is 0 Å². The lowest BCUT2D eigenvalue weighted by atomic mass is 9.98. The zero-order valence-corrected chi connectivity index (χ0v) is 11.3. The van der Waals surface area contributed by atoms with Crippen molar-refractivity contribution in [1.29, 1.82) is 0 Å². The molecule has 4 aromatic carbocycles. The molecule has 0 radical (unpaired) electrons. The minimum Gasteiger partial charge on any atom is -0.456 e. The molecule has 1 heteroatoms. The molecule has 98 valence electrons. The zero-order valence-electron chi connectivity index (χ0n) is 11.3. The Bertz CT molecular complexity index is 1130. The van der Waals surface area contributed by atoms with Crippen molar-refractivity contribution in [2.75, 3.05) is 0 Å². The fraction of sp³-hybridized carbons (Fsp3) is 0. The largest absolute Gasteiger partial charge is 0.456 e. The Labute approximate surface area is 121 Å². The fourth-order valence-electron chi connectivity index (χ4n) is 3.31. The number of para-hydroxylation sites is 1. The number of fused-ring (bicyclic) bond motifs is 7. The summed E-state index contributed by atoms with van der Waals surface area (Å²) in [5.74, 6) is 0. The van der Waals surface area contributed by atoms with Crippen LogP contribution in [0.1, 0.15) is 0 Å². The van der Waals surface area contributed by atoms with E-state index < -0.39 is 0 Å². The molecule has 5 aromatic rings. The summed E-state index contributed by atoms with van der Waals surface area (Å²) in [6, 6.07) is 25.4. The lowest BCUT2D eigenvalue weighted by Crippen LogP contribution is -1.78. The molecule has 1 aromatic heterocycles. The lowest BCUT2D eigenvalue weighted by molar-refractivity contribution is 0.669. The highest BCUT2D eigenvalue weighted by Gasteiger charge is 2.11. The summed E-state index contributed by atoms with van der Waals surface area (Å²) in [5.41, 5.74) is 1.91. The predicted molar refractivity (Wildman–Crippen MR) is 88.7 cm³/mol. The lowest BCUT2D eigenvalue weighted by Gasteiger charge is -2.05. The highest BCUT2D eigenvalue weighted by Crippen LogP contribution is 2.37. The van der Waals surface area contributed by atoms with E-state index in [1.807, 2.05) is 12.1 Å². The van der Waals surface area contributed by atoms with E-state index in [1.165, 1.54) is 32.3 Å². The van der Waals surface area contributed by atoms with Crippen molar-refractivity contribution in [2.24, 2.45) is 0 Å². The average molecular weight is 268 g/mol. The van der Waals surface area contributed by atoms with Gasteiger partial charge >= 0.3 is 0 Å². The maximum Gasteiger partial charge on any atom is 0.136 e. The smallest absolute Gasteiger partial charge is 0.136 e. The van der Waals surface area contributed by atoms with E-state index in [-0.39, 0.29) is 0 Å². The van der Waals surface area contributed by atoms with E-state index in [0.29, 0.717) is 0 Å². The predicted octanol–water partition coefficient (Wildman–Crippen LogP) is 5.89. The molecule has 0 aliphatic carbocycles. The minimum atomic E-state index is 0.952. The van der Waals surface area contributed by atoms with Crippen molar-refractivity contribution in [3.05, 3.63) is 72.8 Å². The van der Waals surface area contributed by atoms with Gasteiger partial charge in [0.05, 0.1) is 0 Å². The second kappa shape index (κ2) is 3.86. The van der Waals surface area contributed by atoms with Gasteiger partial charge in [-0.2, -0.15) is 0 Å². The van der Waals surface area contributed by atoms with Gasteiger partial charge in [0, 0.05) is 16.2 Å². The summed E-state index contributed by atoms with van der Waals surface area (Å²) < 4.78 is 6.01. The van der Waals surface area contributed by atoms with Crippen LogP contribution in [0.5, 0.6) is 0 Å². The molecule has 0 atom stereocenters. The molecule has 0 spiro atoms. The Morgan fingerprint density at radius 3 is 2.14 bits per heavy atom. The van der Waals surface area contributed by atoms with Crippen LogP contribution in [0.25, 0.3) is 43.5 Å². The van der Waals surface area contributed by atoms with Gasteiger partial charge in [-0.05, 0) is 28.3 Å². The monoisotopic (exact) mass is 268 g/mol. The van der Waals surface area contributed by atoms with Crippen molar-refractivity contribution in [2.45, 2.75) is 0 Å². The first-order valence-electron chi connectivity index (χ1n) is 7.13. The van der Waals surface area contributed by atoms with Crippen LogP contribution in [0.2, 0.25) is 0 Å². The average Bonchev–Trinajstić information content (AvgIpc) is 2.93. The van der Waals surface area contributed by atoms with Gasteiger partial charge in [0.1, 0.15) is 11.2 Å². The van der Waals surface area contributed by atoms with Gasteiger partial charge < -0.3 is 4.42 Å². The third kappa shape index (κ3) is 1.40. The van der Waals surface area contributed by atoms with Crippen molar-refractivity contribution < 1.29 is 4.42 Å². The highest BCUT2D eigenvalue weighted by atomic mass is 16.3. The molecule has 0 aliphatic rings. The number of rotatable bonds is 0. The summed E-state index contributed by atoms with van der Waals surface area (Å²) in [4.78, 5) is 0. The van der Waals surface area contributed by atoms with Crippen molar-refractivity contribution >= 4 is 43.5 Å². The van der Waals surface area contributed by atoms with Crippen molar-refractivity contribution in [3.8, 4) is 0 Å². The number of hydrogen-bond acceptors (Lipinski definition) is 1. The Kier molecular flexibility index (Phi) is 2.01. The van der Waals surface area contributed by atoms with E-state index in [2.05, 4.69) is 60.7 Å². The molecule has 1 nitrogen and oxygen atoms in total. The van der Waals surface area contributed by atoms with Crippen LogP contribution in [0.3, 0.4) is 0 Å². The summed E-state index contributed by atoms with van der Waals surface area (Å²) in [6.07, 6.45) is 0. The van der Waals surface area contributed by atoms with Crippen LogP contribution in [-0.2, 0) is 0 Å². The second-order valence-corrected chi connectivity index (χ2v) is 5.42. The van der Waals surface area contributed by atoms with Crippen LogP contribution in [-0.4, -0.2) is 0 Å². The van der Waals surface area contributed by atoms with Crippen molar-refractivity contribution in [3.63, 3.8) is 0 Å². The molecule has 21 heavy (non-hydrogen) atoms. The van der Waals surface area contributed by atoms with Gasteiger partial charge in [-0.3, -0.25) is 0 Å². The van der Waals surface area contributed by atoms with E-state index in [4.69, 9.17) is 4.42 Å². The normalized spacial score (nSPS) is 11.8. The molecule has 0 saturated heterocycles. The topological polar surface area (TPSA) is 13.1 Å². The summed E-state index contributed by atoms with van der Waals surface area (Å²) in [6.45, 7) is 0. The standard InChI is InChI=1S/C20H12O/c1-2-6-15-13(5-1)9-10-14-11-12-18-20(19(14)15)16-7-3-4-8-17(16)21-18/h1-12H. The number of hydrogen-bond donors (Lipinski definition) is 0. The Balaban J connectivity index is 2.19. The molecule has 0 unspecified atom stereocenters. The Morgan fingerprint density at radius 1 is 0.476 bits per heavy atom. The van der Waals surface area contributed by atoms with E-state index in [9.17, 15) is 0 Å². The molecule has 0 bridgehead atoms. The number of furan rings is 1. The molecular formula is C20H12O. The third-order valence-corrected chi connectivity index (χ3v) is 4.25. The first-order chi connectivity index (χ1) is 10.4. The van der Waals surface area contributed by atoms with Crippen molar-refractivity contribution in [1.82, 2.24) is 0 Å². The van der Waals surface area contributed by atoms with Gasteiger partial charge in [-0.15, -0.1) is 0 Å². The molecule has 0 fully saturated rings. The molecule has 1 heterocycles. The van der Waals surface area contributed by atoms with Crippen LogP contribution in [0, 0.1) is 0 Å². The van der Waals surface area contributed by atoms with E-state index in [1.54, 1.807) is 0 Å². The SMILES string of the molecule is c1ccc2c(c1)ccc1ccc3oc4ccccc4c3c12. The summed E-state index contributed by atoms with van der Waals surface area (Å²) >= 11 is 0. The maximum absolute atomic E-state index is 6.01. The highest BCUT2D eigenvalue weighted by molar-refractivity contribution is 6.26. The van der Waals surface area contributed by atoms with Gasteiger partial charge in [0.15, 0.2) is 0 Å². The first kappa shape index (κ1) is 10.9. The van der Waals surface area contributed by atoms with Crippen LogP contribution < -0.4 is 0 Å². The molecule has 0 saturated carbocycles. The molecular weight excluding hydrogens is 256 g/mol. The molecule has 0 amide bonds. The minimum absolute atomic E-state index is 0.952. The van der Waals surface area contributed by atoms with Gasteiger partial charge in [-0.1, -0.05) is 60.7 Å². The summed E-state index contributed by atoms with van der Waals surface area (Å²) in [7, 11) is 0. The molecule has 5 rings (SSSR count). The van der Waals surface area contributed by atoms with E-state index in [0.717, 1.165) is 11.2 Å². The Hall–Kier alpha value is -2.80. The fourth-order valence-corrected chi connectivity index (χ4v) is 3.31. The third-order valence-electron chi connectivity index (χ3n) is 4.25. The van der Waals surface area contributed by atoms with Crippen LogP contribution in [0.15, 0.2) is 77.2 Å². The van der Waals surface area contributed by atoms with Crippen LogP contribution in [0.4, 0.5) is 0 Å². The quantitative estimate of drug-likeness (QED) is 0.319. The molecule has 0 aliphatic heterocycles. The Morgan fingerprint density at radius 2 is 1.19 bits per heavy atom. The molecule has 0 N–H and O–H groups in total. The maximum atomic E-state index is 6.01. The van der Waals surface area contributed by atoms with Gasteiger partial charge in [-0.25, -0.2) is 0 Å². The zero-order chi connectivity index (χ0) is 13.8. The first-order valence-corrected chi connectivity index (χ1v) is 7.13. The second-order valence-electron chi connectivity index (χ2n) is 5.42. The number of benzene rings is 4. The van der Waals surface area contributed by atoms with Gasteiger partial charge in [0.25, 0.3) is 0 Å².